The topological polar surface area (TPSA) is 55.8 Å². The Balaban J connectivity index is 0.00000274. The molecule has 0 amide bonds. The molecule has 2 saturated carbocycles. The van der Waals surface area contributed by atoms with Crippen LogP contribution in [-0.4, -0.2) is 61.6 Å². The number of esters is 1. The van der Waals surface area contributed by atoms with Crippen molar-refractivity contribution >= 4 is 28.6 Å². The largest absolute Gasteiger partial charge is 1.00 e. The molecule has 2 bridgehead atoms. The van der Waals surface area contributed by atoms with Crippen molar-refractivity contribution in [3.05, 3.63) is 44.8 Å². The number of hydrogen-bond donors (Lipinski definition) is 1. The van der Waals surface area contributed by atoms with Crippen molar-refractivity contribution in [1.29, 1.82) is 0 Å². The number of halogens is 1. The summed E-state index contributed by atoms with van der Waals surface area (Å²) in [4.78, 5) is 14.8. The third-order valence-corrected chi connectivity index (χ3v) is 10.3. The van der Waals surface area contributed by atoms with Crippen LogP contribution in [0, 0.1) is 17.8 Å². The Bertz CT molecular complexity index is 893. The Hall–Kier alpha value is -0.770. The molecule has 8 heteroatoms. The summed E-state index contributed by atoms with van der Waals surface area (Å²) in [5.74, 6) is 1.22. The van der Waals surface area contributed by atoms with E-state index in [0.717, 1.165) is 43.0 Å². The lowest BCUT2D eigenvalue weighted by Gasteiger charge is -2.40. The Morgan fingerprint density at radius 3 is 2.35 bits per heavy atom. The van der Waals surface area contributed by atoms with E-state index in [0.29, 0.717) is 27.6 Å². The van der Waals surface area contributed by atoms with Gasteiger partial charge in [0.2, 0.25) is 5.60 Å². The first-order chi connectivity index (χ1) is 15.9. The van der Waals surface area contributed by atoms with E-state index in [4.69, 9.17) is 9.47 Å². The quantitative estimate of drug-likeness (QED) is 0.388. The van der Waals surface area contributed by atoms with Gasteiger partial charge >= 0.3 is 5.97 Å². The molecule has 1 aliphatic heterocycles. The Kier molecular flexibility index (Phi) is 8.27. The lowest BCUT2D eigenvalue weighted by molar-refractivity contribution is -0.920. The number of ether oxygens (including phenoxy) is 2. The monoisotopic (exact) mass is 569 g/mol. The van der Waals surface area contributed by atoms with E-state index in [9.17, 15) is 9.90 Å². The molecular formula is C26H36BrNO4S2. The fourth-order valence-electron chi connectivity index (χ4n) is 6.67. The Morgan fingerprint density at radius 1 is 1.12 bits per heavy atom. The summed E-state index contributed by atoms with van der Waals surface area (Å²) in [6.45, 7) is 2.97. The van der Waals surface area contributed by atoms with E-state index in [1.54, 1.807) is 0 Å². The maximum atomic E-state index is 13.5. The number of quaternary nitrogens is 1. The van der Waals surface area contributed by atoms with Gasteiger partial charge in [-0.15, -0.1) is 22.7 Å². The molecule has 1 saturated heterocycles. The number of carbonyl (C=O) groups is 1. The van der Waals surface area contributed by atoms with Crippen molar-refractivity contribution in [3.8, 4) is 0 Å². The molecule has 3 heterocycles. The van der Waals surface area contributed by atoms with Crippen molar-refractivity contribution < 1.29 is 40.8 Å². The second kappa shape index (κ2) is 10.7. The van der Waals surface area contributed by atoms with Gasteiger partial charge in [-0.05, 0) is 67.3 Å². The minimum absolute atomic E-state index is 0. The van der Waals surface area contributed by atoms with Crippen LogP contribution in [-0.2, 0) is 19.9 Å². The zero-order valence-electron chi connectivity index (χ0n) is 20.0. The maximum Gasteiger partial charge on any atom is 0.349 e. The Labute approximate surface area is 221 Å². The second-order valence-electron chi connectivity index (χ2n) is 10.7. The molecule has 0 spiro atoms. The van der Waals surface area contributed by atoms with Crippen molar-refractivity contribution in [1.82, 2.24) is 0 Å². The van der Waals surface area contributed by atoms with Crippen LogP contribution in [0.15, 0.2) is 35.0 Å². The van der Waals surface area contributed by atoms with Gasteiger partial charge in [-0.3, -0.25) is 0 Å². The standard InChI is InChI=1S/C26H36NO4S2.BrH/c1-27(2,12-9-18-10-13-30-14-11-18)24-19-7-8-20(24)21(17-19)31-25(28)26(29,22-5-3-15-32-22)23-6-4-16-33-23;/h3-6,15-16,18-21,24,29H,7-14,17H2,1-2H3;1H/q+1;/p-1. The van der Waals surface area contributed by atoms with Gasteiger partial charge in [0.15, 0.2) is 0 Å². The molecule has 2 aliphatic carbocycles. The number of carbonyl (C=O) groups excluding carboxylic acids is 1. The molecule has 1 N–H and O–H groups in total. The van der Waals surface area contributed by atoms with Crippen molar-refractivity contribution in [2.75, 3.05) is 33.9 Å². The van der Waals surface area contributed by atoms with Gasteiger partial charge in [0.05, 0.1) is 36.4 Å². The van der Waals surface area contributed by atoms with Gasteiger partial charge in [-0.2, -0.15) is 0 Å². The van der Waals surface area contributed by atoms with Crippen LogP contribution in [0.2, 0.25) is 0 Å². The van der Waals surface area contributed by atoms with E-state index in [1.807, 2.05) is 35.0 Å². The zero-order valence-corrected chi connectivity index (χ0v) is 23.2. The molecular weight excluding hydrogens is 534 g/mol. The molecule has 4 atom stereocenters. The fraction of sp³-hybridized carbons (Fsp3) is 0.654. The lowest BCUT2D eigenvalue weighted by Crippen LogP contribution is -3.00. The molecule has 0 aromatic carbocycles. The summed E-state index contributed by atoms with van der Waals surface area (Å²) in [5.41, 5.74) is -1.72. The fourth-order valence-corrected chi connectivity index (χ4v) is 8.39. The van der Waals surface area contributed by atoms with Gasteiger partial charge in [-0.25, -0.2) is 4.79 Å². The molecule has 0 radical (unpaired) electrons. The number of nitrogens with zero attached hydrogens (tertiary/aromatic N) is 1. The third kappa shape index (κ3) is 4.91. The summed E-state index contributed by atoms with van der Waals surface area (Å²) in [6.07, 6.45) is 6.76. The number of fused-ring (bicyclic) bond motifs is 2. The molecule has 5 nitrogen and oxygen atoms in total. The van der Waals surface area contributed by atoms with E-state index in [-0.39, 0.29) is 23.1 Å². The molecule has 188 valence electrons. The van der Waals surface area contributed by atoms with Crippen molar-refractivity contribution in [2.45, 2.75) is 56.3 Å². The van der Waals surface area contributed by atoms with E-state index in [2.05, 4.69) is 14.1 Å². The molecule has 3 aliphatic rings. The van der Waals surface area contributed by atoms with Gasteiger partial charge in [0.25, 0.3) is 0 Å². The SMILES string of the molecule is C[N+](C)(CCC1CCOCC1)C1C2CCC1C(OC(=O)C(O)(c1cccs1)c1cccs1)C2.[Br-]. The third-order valence-electron chi connectivity index (χ3n) is 8.38. The number of hydrogen-bond acceptors (Lipinski definition) is 6. The van der Waals surface area contributed by atoms with Crippen LogP contribution < -0.4 is 17.0 Å². The van der Waals surface area contributed by atoms with E-state index >= 15 is 0 Å². The van der Waals surface area contributed by atoms with Gasteiger partial charge in [-0.1, -0.05) is 12.1 Å². The Morgan fingerprint density at radius 2 is 1.76 bits per heavy atom. The summed E-state index contributed by atoms with van der Waals surface area (Å²) >= 11 is 2.80. The van der Waals surface area contributed by atoms with Gasteiger partial charge < -0.3 is 36.0 Å². The highest BCUT2D eigenvalue weighted by Crippen LogP contribution is 2.51. The first-order valence-corrected chi connectivity index (χ1v) is 14.1. The highest BCUT2D eigenvalue weighted by atomic mass is 79.9. The maximum absolute atomic E-state index is 13.5. The summed E-state index contributed by atoms with van der Waals surface area (Å²) < 4.78 is 12.7. The van der Waals surface area contributed by atoms with E-state index in [1.165, 1.54) is 48.4 Å². The van der Waals surface area contributed by atoms with Crippen LogP contribution in [0.25, 0.3) is 0 Å². The van der Waals surface area contributed by atoms with E-state index < -0.39 is 11.6 Å². The number of thiophene rings is 2. The molecule has 3 fully saturated rings. The van der Waals surface area contributed by atoms with Gasteiger partial charge in [0, 0.05) is 25.0 Å². The van der Waals surface area contributed by atoms with Crippen LogP contribution in [0.3, 0.4) is 0 Å². The predicted octanol–water partition coefficient (Wildman–Crippen LogP) is 1.65. The minimum Gasteiger partial charge on any atom is -1.00 e. The molecule has 4 unspecified atom stereocenters. The van der Waals surface area contributed by atoms with Crippen LogP contribution in [0.5, 0.6) is 0 Å². The summed E-state index contributed by atoms with van der Waals surface area (Å²) in [7, 11) is 4.74. The summed E-state index contributed by atoms with van der Waals surface area (Å²) in [6, 6.07) is 7.92. The van der Waals surface area contributed by atoms with Crippen LogP contribution in [0.1, 0.15) is 48.3 Å². The highest BCUT2D eigenvalue weighted by molar-refractivity contribution is 7.12. The van der Waals surface area contributed by atoms with Crippen LogP contribution >= 0.6 is 22.7 Å². The van der Waals surface area contributed by atoms with Crippen molar-refractivity contribution in [2.24, 2.45) is 17.8 Å². The first kappa shape index (κ1) is 26.3. The highest BCUT2D eigenvalue weighted by Gasteiger charge is 2.58. The first-order valence-electron chi connectivity index (χ1n) is 12.3. The number of rotatable bonds is 8. The minimum atomic E-state index is -1.72. The average Bonchev–Trinajstić information content (AvgIpc) is 3.62. The molecule has 2 aromatic heterocycles. The smallest absolute Gasteiger partial charge is 0.349 e. The molecule has 5 rings (SSSR count). The second-order valence-corrected chi connectivity index (χ2v) is 12.6. The van der Waals surface area contributed by atoms with Gasteiger partial charge in [0.1, 0.15) is 6.10 Å². The number of aliphatic hydroxyl groups is 1. The molecule has 2 aromatic rings. The van der Waals surface area contributed by atoms with Crippen LogP contribution in [0.4, 0.5) is 0 Å². The predicted molar refractivity (Wildman–Crippen MR) is 131 cm³/mol. The zero-order chi connectivity index (χ0) is 23.1. The molecule has 34 heavy (non-hydrogen) atoms. The normalized spacial score (nSPS) is 27.5. The average molecular weight is 571 g/mol. The summed E-state index contributed by atoms with van der Waals surface area (Å²) in [5, 5.41) is 15.4. The lowest BCUT2D eigenvalue weighted by atomic mass is 9.94. The van der Waals surface area contributed by atoms with Crippen molar-refractivity contribution in [3.63, 3.8) is 0 Å².